The number of hydrogen-bond acceptors (Lipinski definition) is 4. The van der Waals surface area contributed by atoms with E-state index in [9.17, 15) is 4.79 Å². The minimum absolute atomic E-state index is 0.205. The van der Waals surface area contributed by atoms with E-state index >= 15 is 0 Å². The molecule has 1 heterocycles. The van der Waals surface area contributed by atoms with E-state index in [0.717, 1.165) is 39.0 Å². The topological polar surface area (TPSA) is 58.8 Å². The van der Waals surface area contributed by atoms with Crippen molar-refractivity contribution >= 4 is 5.91 Å². The standard InChI is InChI=1S/C13H27N3O2/c1-3-4-12(11-14)15-6-8-16(9-7-15)13(17)5-10-18-2/h12H,3-11,14H2,1-2H3. The van der Waals surface area contributed by atoms with E-state index in [1.807, 2.05) is 4.90 Å². The van der Waals surface area contributed by atoms with Crippen molar-refractivity contribution in [2.45, 2.75) is 32.2 Å². The van der Waals surface area contributed by atoms with Gasteiger partial charge in [-0.05, 0) is 6.42 Å². The SMILES string of the molecule is CCCC(CN)N1CCN(C(=O)CCOC)CC1. The molecule has 1 fully saturated rings. The molecule has 1 aliphatic rings. The van der Waals surface area contributed by atoms with Gasteiger partial charge in [0.25, 0.3) is 0 Å². The van der Waals surface area contributed by atoms with Gasteiger partial charge < -0.3 is 15.4 Å². The van der Waals surface area contributed by atoms with Crippen LogP contribution in [-0.2, 0) is 9.53 Å². The Hall–Kier alpha value is -0.650. The highest BCUT2D eigenvalue weighted by Gasteiger charge is 2.24. The second-order valence-corrected chi connectivity index (χ2v) is 4.84. The van der Waals surface area contributed by atoms with Crippen LogP contribution in [0.1, 0.15) is 26.2 Å². The van der Waals surface area contributed by atoms with Crippen molar-refractivity contribution in [3.05, 3.63) is 0 Å². The number of ether oxygens (including phenoxy) is 1. The maximum atomic E-state index is 11.8. The number of carbonyl (C=O) groups excluding carboxylic acids is 1. The van der Waals surface area contributed by atoms with Gasteiger partial charge in [-0.25, -0.2) is 0 Å². The van der Waals surface area contributed by atoms with E-state index in [4.69, 9.17) is 10.5 Å². The average Bonchev–Trinajstić information content (AvgIpc) is 2.42. The third-order valence-corrected chi connectivity index (χ3v) is 3.60. The fourth-order valence-corrected chi connectivity index (χ4v) is 2.47. The van der Waals surface area contributed by atoms with Gasteiger partial charge in [0.15, 0.2) is 0 Å². The lowest BCUT2D eigenvalue weighted by Crippen LogP contribution is -2.53. The molecule has 106 valence electrons. The van der Waals surface area contributed by atoms with E-state index in [2.05, 4.69) is 11.8 Å². The predicted molar refractivity (Wildman–Crippen MR) is 72.4 cm³/mol. The summed E-state index contributed by atoms with van der Waals surface area (Å²) in [6.45, 7) is 6.95. The Bertz CT molecular complexity index is 240. The Morgan fingerprint density at radius 1 is 1.33 bits per heavy atom. The molecule has 0 bridgehead atoms. The zero-order valence-corrected chi connectivity index (χ0v) is 11.7. The lowest BCUT2D eigenvalue weighted by atomic mass is 10.1. The predicted octanol–water partition coefficient (Wildman–Crippen LogP) is 0.295. The molecule has 0 spiro atoms. The van der Waals surface area contributed by atoms with Gasteiger partial charge in [0.05, 0.1) is 13.0 Å². The number of methoxy groups -OCH3 is 1. The van der Waals surface area contributed by atoms with Crippen molar-refractivity contribution in [1.82, 2.24) is 9.80 Å². The Morgan fingerprint density at radius 2 is 2.00 bits per heavy atom. The van der Waals surface area contributed by atoms with Crippen molar-refractivity contribution in [3.63, 3.8) is 0 Å². The summed E-state index contributed by atoms with van der Waals surface area (Å²) in [6.07, 6.45) is 2.80. The van der Waals surface area contributed by atoms with Crippen LogP contribution in [0.25, 0.3) is 0 Å². The lowest BCUT2D eigenvalue weighted by molar-refractivity contribution is -0.134. The third-order valence-electron chi connectivity index (χ3n) is 3.60. The van der Waals surface area contributed by atoms with Crippen LogP contribution in [0.3, 0.4) is 0 Å². The first kappa shape index (κ1) is 15.4. The zero-order chi connectivity index (χ0) is 13.4. The molecule has 0 aromatic carbocycles. The molecule has 5 heteroatoms. The highest BCUT2D eigenvalue weighted by atomic mass is 16.5. The lowest BCUT2D eigenvalue weighted by Gasteiger charge is -2.39. The largest absolute Gasteiger partial charge is 0.384 e. The van der Waals surface area contributed by atoms with Gasteiger partial charge >= 0.3 is 0 Å². The smallest absolute Gasteiger partial charge is 0.224 e. The highest BCUT2D eigenvalue weighted by molar-refractivity contribution is 5.76. The van der Waals surface area contributed by atoms with Crippen molar-refractivity contribution in [2.24, 2.45) is 5.73 Å². The zero-order valence-electron chi connectivity index (χ0n) is 11.7. The molecule has 1 atom stereocenters. The Balaban J connectivity index is 2.33. The number of amides is 1. The summed E-state index contributed by atoms with van der Waals surface area (Å²) in [5, 5.41) is 0. The molecule has 18 heavy (non-hydrogen) atoms. The maximum absolute atomic E-state index is 11.8. The van der Waals surface area contributed by atoms with E-state index < -0.39 is 0 Å². The summed E-state index contributed by atoms with van der Waals surface area (Å²) in [6, 6.07) is 0.478. The van der Waals surface area contributed by atoms with Gasteiger partial charge in [-0.3, -0.25) is 9.69 Å². The number of nitrogens with zero attached hydrogens (tertiary/aromatic N) is 2. The molecule has 1 saturated heterocycles. The molecule has 1 rings (SSSR count). The van der Waals surface area contributed by atoms with Crippen molar-refractivity contribution in [3.8, 4) is 0 Å². The summed E-state index contributed by atoms with van der Waals surface area (Å²) in [5.41, 5.74) is 5.81. The third kappa shape index (κ3) is 4.55. The quantitative estimate of drug-likeness (QED) is 0.712. The number of hydrogen-bond donors (Lipinski definition) is 1. The van der Waals surface area contributed by atoms with Gasteiger partial charge in [-0.1, -0.05) is 13.3 Å². The average molecular weight is 257 g/mol. The summed E-state index contributed by atoms with van der Waals surface area (Å²) in [4.78, 5) is 16.2. The molecule has 0 aromatic heterocycles. The normalized spacial score (nSPS) is 18.9. The first-order valence-electron chi connectivity index (χ1n) is 6.93. The van der Waals surface area contributed by atoms with Crippen molar-refractivity contribution in [1.29, 1.82) is 0 Å². The van der Waals surface area contributed by atoms with Gasteiger partial charge in [0.2, 0.25) is 5.91 Å². The van der Waals surface area contributed by atoms with Crippen LogP contribution < -0.4 is 5.73 Å². The number of rotatable bonds is 7. The maximum Gasteiger partial charge on any atom is 0.224 e. The van der Waals surface area contributed by atoms with Gasteiger partial charge in [0, 0.05) is 45.9 Å². The molecule has 1 aliphatic heterocycles. The molecule has 1 amide bonds. The highest BCUT2D eigenvalue weighted by Crippen LogP contribution is 2.11. The van der Waals surface area contributed by atoms with Gasteiger partial charge in [-0.15, -0.1) is 0 Å². The molecule has 5 nitrogen and oxygen atoms in total. The molecule has 0 aliphatic carbocycles. The van der Waals surface area contributed by atoms with Crippen LogP contribution in [0.4, 0.5) is 0 Å². The van der Waals surface area contributed by atoms with Crippen LogP contribution in [-0.4, -0.2) is 68.2 Å². The number of nitrogens with two attached hydrogens (primary N) is 1. The first-order valence-corrected chi connectivity index (χ1v) is 6.93. The first-order chi connectivity index (χ1) is 8.72. The molecule has 2 N–H and O–H groups in total. The molecule has 0 aromatic rings. The van der Waals surface area contributed by atoms with Crippen LogP contribution in [0.15, 0.2) is 0 Å². The fraction of sp³-hybridized carbons (Fsp3) is 0.923. The van der Waals surface area contributed by atoms with E-state index in [1.165, 1.54) is 0 Å². The number of carbonyl (C=O) groups is 1. The van der Waals surface area contributed by atoms with Crippen LogP contribution in [0, 0.1) is 0 Å². The summed E-state index contributed by atoms with van der Waals surface area (Å²) in [7, 11) is 1.63. The van der Waals surface area contributed by atoms with Crippen LogP contribution in [0.2, 0.25) is 0 Å². The Morgan fingerprint density at radius 3 is 2.50 bits per heavy atom. The molecule has 1 unspecified atom stereocenters. The molecular formula is C13H27N3O2. The van der Waals surface area contributed by atoms with Crippen LogP contribution >= 0.6 is 0 Å². The summed E-state index contributed by atoms with van der Waals surface area (Å²) >= 11 is 0. The summed E-state index contributed by atoms with van der Waals surface area (Å²) < 4.78 is 4.94. The second kappa shape index (κ2) is 8.45. The molecular weight excluding hydrogens is 230 g/mol. The Kier molecular flexibility index (Phi) is 7.23. The van der Waals surface area contributed by atoms with E-state index in [-0.39, 0.29) is 5.91 Å². The van der Waals surface area contributed by atoms with Gasteiger partial charge in [0.1, 0.15) is 0 Å². The van der Waals surface area contributed by atoms with E-state index in [0.29, 0.717) is 25.6 Å². The van der Waals surface area contributed by atoms with Crippen molar-refractivity contribution < 1.29 is 9.53 Å². The van der Waals surface area contributed by atoms with Gasteiger partial charge in [-0.2, -0.15) is 0 Å². The minimum Gasteiger partial charge on any atom is -0.384 e. The fourth-order valence-electron chi connectivity index (χ4n) is 2.47. The molecule has 0 saturated carbocycles. The molecule has 0 radical (unpaired) electrons. The summed E-state index contributed by atoms with van der Waals surface area (Å²) in [5.74, 6) is 0.205. The van der Waals surface area contributed by atoms with Crippen molar-refractivity contribution in [2.75, 3.05) is 46.4 Å². The minimum atomic E-state index is 0.205. The number of piperazine rings is 1. The van der Waals surface area contributed by atoms with Crippen LogP contribution in [0.5, 0.6) is 0 Å². The van der Waals surface area contributed by atoms with E-state index in [1.54, 1.807) is 7.11 Å². The Labute approximate surface area is 110 Å². The monoisotopic (exact) mass is 257 g/mol. The second-order valence-electron chi connectivity index (χ2n) is 4.84.